The normalized spacial score (nSPS) is 15.2. The maximum absolute atomic E-state index is 12.3. The van der Waals surface area contributed by atoms with Gasteiger partial charge in [0, 0.05) is 25.0 Å². The second-order valence-corrected chi connectivity index (χ2v) is 6.06. The van der Waals surface area contributed by atoms with Crippen LogP contribution >= 0.6 is 0 Å². The van der Waals surface area contributed by atoms with E-state index in [-0.39, 0.29) is 5.91 Å². The Morgan fingerprint density at radius 3 is 2.87 bits per heavy atom. The standard InChI is InChI=1S/C18H23N3O2/c22-18(20-12-15-5-3-9-19-11-15)14-21(16-6-1-2-7-16)13-17-8-4-10-23-17/h3-5,8-11,16H,1-2,6-7,12-14H2,(H,20,22). The lowest BCUT2D eigenvalue weighted by molar-refractivity contribution is -0.123. The number of carbonyl (C=O) groups is 1. The fraction of sp³-hybridized carbons (Fsp3) is 0.444. The Labute approximate surface area is 136 Å². The summed E-state index contributed by atoms with van der Waals surface area (Å²) in [5, 5.41) is 2.98. The zero-order valence-corrected chi connectivity index (χ0v) is 13.3. The molecule has 5 heteroatoms. The van der Waals surface area contributed by atoms with Crippen molar-refractivity contribution in [2.75, 3.05) is 6.54 Å². The van der Waals surface area contributed by atoms with Crippen molar-refractivity contribution >= 4 is 5.91 Å². The summed E-state index contributed by atoms with van der Waals surface area (Å²) in [7, 11) is 0. The third kappa shape index (κ3) is 4.66. The third-order valence-corrected chi connectivity index (χ3v) is 4.34. The van der Waals surface area contributed by atoms with Crippen LogP contribution in [0.2, 0.25) is 0 Å². The first-order valence-electron chi connectivity index (χ1n) is 8.23. The van der Waals surface area contributed by atoms with E-state index >= 15 is 0 Å². The molecule has 1 aliphatic rings. The van der Waals surface area contributed by atoms with Crippen molar-refractivity contribution < 1.29 is 9.21 Å². The van der Waals surface area contributed by atoms with E-state index in [1.807, 2.05) is 24.3 Å². The molecule has 5 nitrogen and oxygen atoms in total. The number of hydrogen-bond donors (Lipinski definition) is 1. The topological polar surface area (TPSA) is 58.4 Å². The van der Waals surface area contributed by atoms with E-state index in [0.717, 1.165) is 24.2 Å². The molecule has 1 aliphatic carbocycles. The molecule has 1 saturated carbocycles. The molecule has 1 amide bonds. The Morgan fingerprint density at radius 1 is 1.30 bits per heavy atom. The van der Waals surface area contributed by atoms with Gasteiger partial charge in [-0.2, -0.15) is 0 Å². The molecule has 0 aliphatic heterocycles. The zero-order valence-electron chi connectivity index (χ0n) is 13.3. The van der Waals surface area contributed by atoms with Gasteiger partial charge in [0.25, 0.3) is 0 Å². The van der Waals surface area contributed by atoms with Crippen LogP contribution in [0.1, 0.15) is 37.0 Å². The molecule has 122 valence electrons. The van der Waals surface area contributed by atoms with Gasteiger partial charge in [-0.15, -0.1) is 0 Å². The first kappa shape index (κ1) is 15.7. The first-order chi connectivity index (χ1) is 11.3. The van der Waals surface area contributed by atoms with Crippen LogP contribution in [0.3, 0.4) is 0 Å². The zero-order chi connectivity index (χ0) is 15.9. The van der Waals surface area contributed by atoms with Crippen molar-refractivity contribution in [3.8, 4) is 0 Å². The Kier molecular flexibility index (Phi) is 5.42. The minimum absolute atomic E-state index is 0.0484. The van der Waals surface area contributed by atoms with Crippen LogP contribution < -0.4 is 5.32 Å². The summed E-state index contributed by atoms with van der Waals surface area (Å²) in [6, 6.07) is 8.18. The summed E-state index contributed by atoms with van der Waals surface area (Å²) < 4.78 is 5.45. The number of pyridine rings is 1. The highest BCUT2D eigenvalue weighted by atomic mass is 16.3. The SMILES string of the molecule is O=C(CN(Cc1ccco1)C1CCCC1)NCc1cccnc1. The van der Waals surface area contributed by atoms with Gasteiger partial charge in [0.1, 0.15) is 5.76 Å². The van der Waals surface area contributed by atoms with Crippen molar-refractivity contribution in [2.45, 2.75) is 44.8 Å². The summed E-state index contributed by atoms with van der Waals surface area (Å²) in [4.78, 5) is 18.6. The van der Waals surface area contributed by atoms with Gasteiger partial charge in [-0.1, -0.05) is 18.9 Å². The molecule has 0 bridgehead atoms. The molecule has 0 aromatic carbocycles. The predicted molar refractivity (Wildman–Crippen MR) is 87.5 cm³/mol. The van der Waals surface area contributed by atoms with E-state index in [1.54, 1.807) is 18.7 Å². The lowest BCUT2D eigenvalue weighted by atomic mass is 10.2. The molecule has 0 spiro atoms. The largest absolute Gasteiger partial charge is 0.468 e. The van der Waals surface area contributed by atoms with Gasteiger partial charge < -0.3 is 9.73 Å². The van der Waals surface area contributed by atoms with Crippen molar-refractivity contribution in [3.63, 3.8) is 0 Å². The molecule has 2 aromatic heterocycles. The second kappa shape index (κ2) is 7.92. The van der Waals surface area contributed by atoms with E-state index < -0.39 is 0 Å². The van der Waals surface area contributed by atoms with Crippen LogP contribution in [0.5, 0.6) is 0 Å². The van der Waals surface area contributed by atoms with E-state index in [9.17, 15) is 4.79 Å². The van der Waals surface area contributed by atoms with E-state index in [0.29, 0.717) is 25.7 Å². The fourth-order valence-corrected chi connectivity index (χ4v) is 3.13. The fourth-order valence-electron chi connectivity index (χ4n) is 3.13. The first-order valence-corrected chi connectivity index (χ1v) is 8.23. The molecule has 0 atom stereocenters. The van der Waals surface area contributed by atoms with Gasteiger partial charge in [0.05, 0.1) is 19.4 Å². The number of nitrogens with one attached hydrogen (secondary N) is 1. The van der Waals surface area contributed by atoms with Crippen LogP contribution in [0.25, 0.3) is 0 Å². The Balaban J connectivity index is 1.55. The minimum Gasteiger partial charge on any atom is -0.468 e. The minimum atomic E-state index is 0.0484. The highest BCUT2D eigenvalue weighted by Crippen LogP contribution is 2.24. The van der Waals surface area contributed by atoms with Crippen LogP contribution in [0.4, 0.5) is 0 Å². The number of hydrogen-bond acceptors (Lipinski definition) is 4. The predicted octanol–water partition coefficient (Wildman–Crippen LogP) is 2.74. The van der Waals surface area contributed by atoms with Crippen molar-refractivity contribution in [3.05, 3.63) is 54.2 Å². The molecule has 1 fully saturated rings. The van der Waals surface area contributed by atoms with Gasteiger partial charge in [0.2, 0.25) is 5.91 Å². The number of amides is 1. The lowest BCUT2D eigenvalue weighted by Gasteiger charge is -2.27. The molecule has 2 heterocycles. The molecule has 0 saturated heterocycles. The van der Waals surface area contributed by atoms with Crippen LogP contribution in [0.15, 0.2) is 47.3 Å². The van der Waals surface area contributed by atoms with E-state index in [2.05, 4.69) is 15.2 Å². The molecule has 3 rings (SSSR count). The second-order valence-electron chi connectivity index (χ2n) is 6.06. The maximum atomic E-state index is 12.3. The lowest BCUT2D eigenvalue weighted by Crippen LogP contribution is -2.41. The van der Waals surface area contributed by atoms with Gasteiger partial charge in [-0.25, -0.2) is 0 Å². The number of nitrogens with zero attached hydrogens (tertiary/aromatic N) is 2. The highest BCUT2D eigenvalue weighted by molar-refractivity contribution is 5.78. The Hall–Kier alpha value is -2.14. The smallest absolute Gasteiger partial charge is 0.234 e. The number of aromatic nitrogens is 1. The number of carbonyl (C=O) groups excluding carboxylic acids is 1. The average Bonchev–Trinajstić information content (AvgIpc) is 3.27. The van der Waals surface area contributed by atoms with Crippen molar-refractivity contribution in [2.24, 2.45) is 0 Å². The van der Waals surface area contributed by atoms with Crippen LogP contribution in [-0.4, -0.2) is 28.4 Å². The van der Waals surface area contributed by atoms with Crippen LogP contribution in [-0.2, 0) is 17.9 Å². The summed E-state index contributed by atoms with van der Waals surface area (Å²) >= 11 is 0. The van der Waals surface area contributed by atoms with E-state index in [1.165, 1.54) is 12.8 Å². The number of furan rings is 1. The molecule has 1 N–H and O–H groups in total. The third-order valence-electron chi connectivity index (χ3n) is 4.34. The summed E-state index contributed by atoms with van der Waals surface area (Å²) in [5.74, 6) is 0.962. The summed E-state index contributed by atoms with van der Waals surface area (Å²) in [5.41, 5.74) is 1.01. The van der Waals surface area contributed by atoms with Crippen LogP contribution in [0, 0.1) is 0 Å². The molecular formula is C18H23N3O2. The van der Waals surface area contributed by atoms with Crippen molar-refractivity contribution in [1.82, 2.24) is 15.2 Å². The van der Waals surface area contributed by atoms with Gasteiger partial charge in [0.15, 0.2) is 0 Å². The summed E-state index contributed by atoms with van der Waals surface area (Å²) in [6.45, 7) is 1.62. The Bertz CT molecular complexity index is 592. The van der Waals surface area contributed by atoms with Gasteiger partial charge >= 0.3 is 0 Å². The average molecular weight is 313 g/mol. The monoisotopic (exact) mass is 313 g/mol. The summed E-state index contributed by atoms with van der Waals surface area (Å²) in [6.07, 6.45) is 10.0. The van der Waals surface area contributed by atoms with Crippen molar-refractivity contribution in [1.29, 1.82) is 0 Å². The maximum Gasteiger partial charge on any atom is 0.234 e. The highest BCUT2D eigenvalue weighted by Gasteiger charge is 2.25. The quantitative estimate of drug-likeness (QED) is 0.854. The molecule has 2 aromatic rings. The molecule has 0 unspecified atom stereocenters. The van der Waals surface area contributed by atoms with E-state index in [4.69, 9.17) is 4.42 Å². The van der Waals surface area contributed by atoms with Gasteiger partial charge in [-0.05, 0) is 36.6 Å². The molecular weight excluding hydrogens is 290 g/mol. The molecule has 23 heavy (non-hydrogen) atoms. The molecule has 0 radical (unpaired) electrons. The number of rotatable bonds is 7. The Morgan fingerprint density at radius 2 is 2.17 bits per heavy atom. The van der Waals surface area contributed by atoms with Gasteiger partial charge in [-0.3, -0.25) is 14.7 Å².